The van der Waals surface area contributed by atoms with E-state index in [1.807, 2.05) is 31.2 Å². The van der Waals surface area contributed by atoms with Crippen LogP contribution in [0, 0.1) is 6.92 Å². The number of rotatable bonds is 7. The lowest BCUT2D eigenvalue weighted by molar-refractivity contribution is -0.179. The highest BCUT2D eigenvalue weighted by Crippen LogP contribution is 2.47. The second kappa shape index (κ2) is 13.0. The molecule has 1 amide bonds. The van der Waals surface area contributed by atoms with Crippen LogP contribution in [0.4, 0.5) is 20.3 Å². The molecule has 0 saturated carbocycles. The second-order valence-electron chi connectivity index (χ2n) is 13.9. The summed E-state index contributed by atoms with van der Waals surface area (Å²) in [4.78, 5) is 49.0. The molecule has 5 heterocycles. The Morgan fingerprint density at radius 1 is 1.04 bits per heavy atom. The Balaban J connectivity index is 1.13. The van der Waals surface area contributed by atoms with Gasteiger partial charge >= 0.3 is 5.69 Å². The van der Waals surface area contributed by atoms with Crippen LogP contribution in [0.2, 0.25) is 5.02 Å². The highest BCUT2D eigenvalue weighted by molar-refractivity contribution is 6.36. The summed E-state index contributed by atoms with van der Waals surface area (Å²) in [5, 5.41) is 6.50. The van der Waals surface area contributed by atoms with E-state index in [9.17, 15) is 23.2 Å². The molecule has 1 atom stereocenters. The van der Waals surface area contributed by atoms with Crippen LogP contribution in [0.15, 0.2) is 58.1 Å². The van der Waals surface area contributed by atoms with Gasteiger partial charge in [0.1, 0.15) is 29.1 Å². The van der Waals surface area contributed by atoms with Crippen LogP contribution in [0.3, 0.4) is 0 Å². The average Bonchev–Trinajstić information content (AvgIpc) is 3.56. The zero-order chi connectivity index (χ0) is 37.3. The summed E-state index contributed by atoms with van der Waals surface area (Å²) in [6.45, 7) is 3.87. The molecule has 3 aromatic heterocycles. The normalized spacial score (nSPS) is 18.0. The molecule has 274 valence electrons. The highest BCUT2D eigenvalue weighted by atomic mass is 35.5. The minimum atomic E-state index is -2.94. The number of amides is 1. The van der Waals surface area contributed by atoms with Gasteiger partial charge in [-0.15, -0.1) is 0 Å². The smallest absolute Gasteiger partial charge is 0.330 e. The third kappa shape index (κ3) is 5.76. The molecule has 2 aromatic carbocycles. The lowest BCUT2D eigenvalue weighted by atomic mass is 9.89. The number of benzene rings is 2. The number of carbonyl (C=O) groups is 1. The van der Waals surface area contributed by atoms with Crippen LogP contribution in [0.1, 0.15) is 41.3 Å². The molecule has 1 aliphatic carbocycles. The SMILES string of the molecule is COc1nc(-c2cccc(-c3cccc(Nc4nc(C(F)F)cc5c4c(=O)n(C)c(=O)n5C)c3C)c2Cl)cc2c1[C@H](N1CC3(CNC(=O)CO3)C1)CC2. The van der Waals surface area contributed by atoms with Crippen molar-refractivity contribution in [2.24, 2.45) is 14.1 Å². The number of fused-ring (bicyclic) bond motifs is 2. The molecule has 5 aromatic rings. The highest BCUT2D eigenvalue weighted by Gasteiger charge is 2.50. The fourth-order valence-electron chi connectivity index (χ4n) is 7.88. The van der Waals surface area contributed by atoms with Gasteiger partial charge in [-0.25, -0.2) is 23.5 Å². The Kier molecular flexibility index (Phi) is 8.58. The van der Waals surface area contributed by atoms with E-state index in [1.54, 1.807) is 19.2 Å². The number of halogens is 3. The Labute approximate surface area is 307 Å². The number of carbonyl (C=O) groups excluding carboxylic acids is 1. The number of aromatic nitrogens is 4. The van der Waals surface area contributed by atoms with Gasteiger partial charge in [-0.1, -0.05) is 41.9 Å². The molecule has 0 radical (unpaired) electrons. The molecule has 2 aliphatic heterocycles. The van der Waals surface area contributed by atoms with E-state index in [-0.39, 0.29) is 40.9 Å². The molecule has 2 N–H and O–H groups in total. The Hall–Kier alpha value is -5.18. The standard InChI is InChI=1S/C38H36ClF2N7O5/c1-19-21(7-6-10-24(19)43-34-31-28(14-26(44-34)33(40)41)46(2)37(51)47(3)36(31)50)22-8-5-9-23(32(22)39)25-13-20-11-12-27(30(20)35(45-25)52-4)48-17-38(18-48)16-42-29(49)15-53-38/h5-10,13-14,27,33H,11-12,15-18H2,1-4H3,(H,42,49)(H,43,44)/t27-/m1/s1. The minimum Gasteiger partial charge on any atom is -0.481 e. The maximum absolute atomic E-state index is 14.0. The first-order chi connectivity index (χ1) is 25.4. The largest absolute Gasteiger partial charge is 0.481 e. The average molecular weight is 744 g/mol. The molecule has 53 heavy (non-hydrogen) atoms. The molecule has 0 unspecified atom stereocenters. The van der Waals surface area contributed by atoms with Gasteiger partial charge in [0, 0.05) is 62.1 Å². The summed E-state index contributed by atoms with van der Waals surface area (Å²) in [7, 11) is 4.36. The monoisotopic (exact) mass is 743 g/mol. The number of ether oxygens (including phenoxy) is 2. The van der Waals surface area contributed by atoms with Crippen LogP contribution >= 0.6 is 11.6 Å². The van der Waals surface area contributed by atoms with Gasteiger partial charge in [-0.05, 0) is 54.7 Å². The summed E-state index contributed by atoms with van der Waals surface area (Å²) in [5.41, 5.74) is 4.10. The third-order valence-corrected chi connectivity index (χ3v) is 11.1. The van der Waals surface area contributed by atoms with E-state index in [4.69, 9.17) is 26.1 Å². The summed E-state index contributed by atoms with van der Waals surface area (Å²) >= 11 is 7.19. The maximum Gasteiger partial charge on any atom is 0.330 e. The Morgan fingerprint density at radius 3 is 2.49 bits per heavy atom. The Bertz CT molecular complexity index is 2450. The van der Waals surface area contributed by atoms with Crippen molar-refractivity contribution in [3.8, 4) is 28.3 Å². The molecule has 2 fully saturated rings. The Morgan fingerprint density at radius 2 is 1.77 bits per heavy atom. The van der Waals surface area contributed by atoms with Gasteiger partial charge < -0.3 is 20.1 Å². The second-order valence-corrected chi connectivity index (χ2v) is 14.2. The van der Waals surface area contributed by atoms with Crippen molar-refractivity contribution in [1.82, 2.24) is 29.3 Å². The predicted molar refractivity (Wildman–Crippen MR) is 196 cm³/mol. The van der Waals surface area contributed by atoms with Gasteiger partial charge in [0.25, 0.3) is 12.0 Å². The summed E-state index contributed by atoms with van der Waals surface area (Å²) in [6, 6.07) is 14.4. The molecule has 12 nitrogen and oxygen atoms in total. The molecule has 8 rings (SSSR count). The van der Waals surface area contributed by atoms with E-state index in [0.717, 1.165) is 50.3 Å². The number of anilines is 2. The first-order valence-corrected chi connectivity index (χ1v) is 17.5. The van der Waals surface area contributed by atoms with Crippen molar-refractivity contribution < 1.29 is 23.0 Å². The van der Waals surface area contributed by atoms with Crippen LogP contribution in [-0.2, 0) is 30.0 Å². The molecule has 1 spiro atoms. The molecular formula is C38H36ClF2N7O5. The number of hydrogen-bond acceptors (Lipinski definition) is 9. The number of hydrogen-bond donors (Lipinski definition) is 2. The van der Waals surface area contributed by atoms with E-state index in [1.165, 1.54) is 14.1 Å². The van der Waals surface area contributed by atoms with E-state index in [0.29, 0.717) is 53.0 Å². The molecule has 3 aliphatic rings. The van der Waals surface area contributed by atoms with Crippen molar-refractivity contribution in [3.63, 3.8) is 0 Å². The van der Waals surface area contributed by atoms with E-state index >= 15 is 0 Å². The van der Waals surface area contributed by atoms with Crippen LogP contribution < -0.4 is 26.6 Å². The maximum atomic E-state index is 14.0. The third-order valence-electron chi connectivity index (χ3n) is 10.7. The number of aryl methyl sites for hydroxylation is 2. The van der Waals surface area contributed by atoms with Crippen LogP contribution in [0.25, 0.3) is 33.3 Å². The quantitative estimate of drug-likeness (QED) is 0.231. The number of nitrogens with zero attached hydrogens (tertiary/aromatic N) is 5. The van der Waals surface area contributed by atoms with Crippen LogP contribution in [0.5, 0.6) is 5.88 Å². The van der Waals surface area contributed by atoms with Gasteiger partial charge in [0.15, 0.2) is 0 Å². The first kappa shape index (κ1) is 34.9. The lowest BCUT2D eigenvalue weighted by Crippen LogP contribution is -2.70. The lowest BCUT2D eigenvalue weighted by Gasteiger charge is -2.53. The zero-order valence-electron chi connectivity index (χ0n) is 29.4. The van der Waals surface area contributed by atoms with Crippen molar-refractivity contribution in [1.29, 1.82) is 0 Å². The molecule has 15 heteroatoms. The number of nitrogens with one attached hydrogen (secondary N) is 2. The molecule has 0 bridgehead atoms. The number of methoxy groups -OCH3 is 1. The van der Waals surface area contributed by atoms with Gasteiger partial charge in [-0.3, -0.25) is 23.6 Å². The minimum absolute atomic E-state index is 0.00661. The number of alkyl halides is 2. The number of pyridine rings is 2. The molecule has 2 saturated heterocycles. The number of morpholine rings is 1. The zero-order valence-corrected chi connectivity index (χ0v) is 30.2. The predicted octanol–water partition coefficient (Wildman–Crippen LogP) is 5.20. The van der Waals surface area contributed by atoms with E-state index < -0.39 is 23.4 Å². The van der Waals surface area contributed by atoms with Crippen molar-refractivity contribution in [3.05, 3.63) is 96.8 Å². The first-order valence-electron chi connectivity index (χ1n) is 17.2. The molecular weight excluding hydrogens is 708 g/mol. The van der Waals surface area contributed by atoms with Crippen molar-refractivity contribution >= 4 is 39.9 Å². The van der Waals surface area contributed by atoms with Crippen molar-refractivity contribution in [2.45, 2.75) is 37.8 Å². The van der Waals surface area contributed by atoms with Gasteiger partial charge in [-0.2, -0.15) is 0 Å². The number of likely N-dealkylation sites (tertiary alicyclic amines) is 1. The van der Waals surface area contributed by atoms with Crippen LogP contribution in [-0.4, -0.2) is 68.9 Å². The topological polar surface area (TPSA) is 133 Å². The summed E-state index contributed by atoms with van der Waals surface area (Å²) in [6.07, 6.45) is -1.20. The van der Waals surface area contributed by atoms with Gasteiger partial charge in [0.05, 0.1) is 23.3 Å². The fourth-order valence-corrected chi connectivity index (χ4v) is 8.20. The van der Waals surface area contributed by atoms with E-state index in [2.05, 4.69) is 26.6 Å². The van der Waals surface area contributed by atoms with Gasteiger partial charge in [0.2, 0.25) is 11.8 Å². The summed E-state index contributed by atoms with van der Waals surface area (Å²) < 4.78 is 41.8. The van der Waals surface area contributed by atoms with Crippen molar-refractivity contribution in [2.75, 3.05) is 38.7 Å². The summed E-state index contributed by atoms with van der Waals surface area (Å²) in [5.74, 6) is 0.360. The fraction of sp³-hybridized carbons (Fsp3) is 0.342.